The van der Waals surface area contributed by atoms with Crippen molar-refractivity contribution in [2.75, 3.05) is 13.1 Å². The quantitative estimate of drug-likeness (QED) is 0.872. The summed E-state index contributed by atoms with van der Waals surface area (Å²) in [6, 6.07) is 4.36. The second-order valence-electron chi connectivity index (χ2n) is 6.94. The number of halogens is 2. The number of benzene rings is 1. The lowest BCUT2D eigenvalue weighted by Crippen LogP contribution is -2.48. The zero-order chi connectivity index (χ0) is 17.9. The maximum Gasteiger partial charge on any atom is 0.303 e. The summed E-state index contributed by atoms with van der Waals surface area (Å²) in [7, 11) is 0. The molecule has 1 saturated heterocycles. The van der Waals surface area contributed by atoms with Crippen molar-refractivity contribution < 1.29 is 19.1 Å². The van der Waals surface area contributed by atoms with E-state index in [4.69, 9.17) is 16.7 Å². The van der Waals surface area contributed by atoms with E-state index < -0.39 is 17.2 Å². The van der Waals surface area contributed by atoms with Gasteiger partial charge < -0.3 is 10.0 Å². The summed E-state index contributed by atoms with van der Waals surface area (Å²) < 4.78 is 14.2. The van der Waals surface area contributed by atoms with Gasteiger partial charge in [-0.2, -0.15) is 0 Å². The number of hydrogen-bond acceptors (Lipinski definition) is 2. The molecule has 1 atom stereocenters. The van der Waals surface area contributed by atoms with E-state index in [1.807, 2.05) is 0 Å². The minimum Gasteiger partial charge on any atom is -0.481 e. The molecule has 2 rings (SSSR count). The fourth-order valence-electron chi connectivity index (χ4n) is 3.32. The van der Waals surface area contributed by atoms with Crippen LogP contribution in [0.1, 0.15) is 45.1 Å². The molecule has 1 aromatic rings. The first-order chi connectivity index (χ1) is 11.2. The summed E-state index contributed by atoms with van der Waals surface area (Å²) in [5.74, 6) is -1.25. The van der Waals surface area contributed by atoms with E-state index in [1.165, 1.54) is 6.07 Å². The van der Waals surface area contributed by atoms with Crippen LogP contribution in [0.25, 0.3) is 0 Å². The van der Waals surface area contributed by atoms with Gasteiger partial charge in [-0.05, 0) is 51.2 Å². The SMILES string of the molecule is CC(C)(C(=O)N1CCCC(CCC(=O)O)C1)c1ccc(Cl)cc1F. The molecule has 1 aliphatic heterocycles. The topological polar surface area (TPSA) is 57.6 Å². The van der Waals surface area contributed by atoms with Crippen LogP contribution in [0.2, 0.25) is 5.02 Å². The summed E-state index contributed by atoms with van der Waals surface area (Å²) in [4.78, 5) is 25.4. The smallest absolute Gasteiger partial charge is 0.303 e. The maximum atomic E-state index is 14.2. The fraction of sp³-hybridized carbons (Fsp3) is 0.556. The van der Waals surface area contributed by atoms with Crippen LogP contribution in [-0.4, -0.2) is 35.0 Å². The number of carbonyl (C=O) groups is 2. The van der Waals surface area contributed by atoms with Crippen molar-refractivity contribution in [1.29, 1.82) is 0 Å². The summed E-state index contributed by atoms with van der Waals surface area (Å²) >= 11 is 5.79. The van der Waals surface area contributed by atoms with Crippen LogP contribution in [0.4, 0.5) is 4.39 Å². The zero-order valence-electron chi connectivity index (χ0n) is 14.0. The zero-order valence-corrected chi connectivity index (χ0v) is 14.8. The number of nitrogens with zero attached hydrogens (tertiary/aromatic N) is 1. The van der Waals surface area contributed by atoms with E-state index in [9.17, 15) is 14.0 Å². The fourth-order valence-corrected chi connectivity index (χ4v) is 3.48. The van der Waals surface area contributed by atoms with Gasteiger partial charge in [0.15, 0.2) is 0 Å². The van der Waals surface area contributed by atoms with Crippen molar-refractivity contribution in [2.45, 2.75) is 44.9 Å². The normalized spacial score (nSPS) is 18.5. The molecular formula is C18H23ClFNO3. The Kier molecular flexibility index (Phi) is 5.86. The van der Waals surface area contributed by atoms with Gasteiger partial charge in [-0.1, -0.05) is 17.7 Å². The van der Waals surface area contributed by atoms with Crippen molar-refractivity contribution in [3.05, 3.63) is 34.6 Å². The first-order valence-electron chi connectivity index (χ1n) is 8.18. The Balaban J connectivity index is 2.12. The second-order valence-corrected chi connectivity index (χ2v) is 7.38. The maximum absolute atomic E-state index is 14.2. The molecule has 0 aromatic heterocycles. The van der Waals surface area contributed by atoms with E-state index in [0.717, 1.165) is 12.8 Å². The van der Waals surface area contributed by atoms with E-state index in [1.54, 1.807) is 30.9 Å². The van der Waals surface area contributed by atoms with Gasteiger partial charge in [-0.15, -0.1) is 0 Å². The number of carboxylic acid groups (broad SMARTS) is 1. The highest BCUT2D eigenvalue weighted by atomic mass is 35.5. The number of likely N-dealkylation sites (tertiary alicyclic amines) is 1. The van der Waals surface area contributed by atoms with Gasteiger partial charge in [0.05, 0.1) is 5.41 Å². The van der Waals surface area contributed by atoms with Crippen LogP contribution in [0.3, 0.4) is 0 Å². The van der Waals surface area contributed by atoms with Crippen molar-refractivity contribution in [1.82, 2.24) is 4.90 Å². The third-order valence-corrected chi connectivity index (χ3v) is 4.95. The number of amides is 1. The Morgan fingerprint density at radius 3 is 2.75 bits per heavy atom. The molecule has 1 aromatic carbocycles. The van der Waals surface area contributed by atoms with Gasteiger partial charge >= 0.3 is 5.97 Å². The molecule has 0 saturated carbocycles. The lowest BCUT2D eigenvalue weighted by atomic mass is 9.81. The Labute approximate surface area is 146 Å². The average Bonchev–Trinajstić information content (AvgIpc) is 2.52. The van der Waals surface area contributed by atoms with Crippen molar-refractivity contribution in [2.24, 2.45) is 5.92 Å². The van der Waals surface area contributed by atoms with Gasteiger partial charge in [0, 0.05) is 30.1 Å². The molecule has 4 nitrogen and oxygen atoms in total. The molecule has 0 bridgehead atoms. The number of aliphatic carboxylic acids is 1. The molecule has 0 radical (unpaired) electrons. The summed E-state index contributed by atoms with van der Waals surface area (Å²) in [5, 5.41) is 9.11. The Bertz CT molecular complexity index is 633. The molecular weight excluding hydrogens is 333 g/mol. The van der Waals surface area contributed by atoms with Gasteiger partial charge in [-0.25, -0.2) is 4.39 Å². The Hall–Kier alpha value is -1.62. The number of piperidine rings is 1. The first kappa shape index (κ1) is 18.7. The molecule has 24 heavy (non-hydrogen) atoms. The standard InChI is InChI=1S/C18H23ClFNO3/c1-18(2,14-7-6-13(19)10-15(14)20)17(24)21-9-3-4-12(11-21)5-8-16(22)23/h6-7,10,12H,3-5,8-9,11H2,1-2H3,(H,22,23). The predicted molar refractivity (Wildman–Crippen MR) is 90.6 cm³/mol. The van der Waals surface area contributed by atoms with Crippen LogP contribution in [0.15, 0.2) is 18.2 Å². The highest BCUT2D eigenvalue weighted by Crippen LogP contribution is 2.32. The highest BCUT2D eigenvalue weighted by molar-refractivity contribution is 6.30. The van der Waals surface area contributed by atoms with Gasteiger partial charge in [-0.3, -0.25) is 9.59 Å². The minimum absolute atomic E-state index is 0.113. The van der Waals surface area contributed by atoms with Gasteiger partial charge in [0.25, 0.3) is 0 Å². The Morgan fingerprint density at radius 1 is 1.42 bits per heavy atom. The number of carbonyl (C=O) groups excluding carboxylic acids is 1. The molecule has 6 heteroatoms. The molecule has 1 heterocycles. The third kappa shape index (κ3) is 4.26. The third-order valence-electron chi connectivity index (χ3n) is 4.71. The summed E-state index contributed by atoms with van der Waals surface area (Å²) in [5.41, 5.74) is -0.673. The van der Waals surface area contributed by atoms with Gasteiger partial charge in [0.2, 0.25) is 5.91 Å². The lowest BCUT2D eigenvalue weighted by Gasteiger charge is -2.38. The lowest BCUT2D eigenvalue weighted by molar-refractivity contribution is -0.138. The minimum atomic E-state index is -0.997. The van der Waals surface area contributed by atoms with E-state index in [-0.39, 0.29) is 18.2 Å². The summed E-state index contributed by atoms with van der Waals surface area (Å²) in [6.45, 7) is 4.58. The van der Waals surface area contributed by atoms with Crippen LogP contribution < -0.4 is 0 Å². The number of rotatable bonds is 5. The van der Waals surface area contributed by atoms with E-state index in [0.29, 0.717) is 30.1 Å². The van der Waals surface area contributed by atoms with Gasteiger partial charge in [0.1, 0.15) is 5.82 Å². The molecule has 1 N–H and O–H groups in total. The summed E-state index contributed by atoms with van der Waals surface area (Å²) in [6.07, 6.45) is 2.44. The second kappa shape index (κ2) is 7.51. The average molecular weight is 356 g/mol. The molecule has 1 unspecified atom stereocenters. The van der Waals surface area contributed by atoms with Crippen molar-refractivity contribution in [3.63, 3.8) is 0 Å². The number of hydrogen-bond donors (Lipinski definition) is 1. The largest absolute Gasteiger partial charge is 0.481 e. The van der Waals surface area contributed by atoms with Crippen molar-refractivity contribution in [3.8, 4) is 0 Å². The van der Waals surface area contributed by atoms with Crippen LogP contribution >= 0.6 is 11.6 Å². The molecule has 1 aliphatic rings. The van der Waals surface area contributed by atoms with Crippen molar-refractivity contribution >= 4 is 23.5 Å². The predicted octanol–water partition coefficient (Wildman–Crippen LogP) is 3.86. The molecule has 1 amide bonds. The molecule has 1 fully saturated rings. The molecule has 132 valence electrons. The number of carboxylic acids is 1. The van der Waals surface area contributed by atoms with E-state index in [2.05, 4.69) is 0 Å². The molecule has 0 spiro atoms. The molecule has 0 aliphatic carbocycles. The van der Waals surface area contributed by atoms with Crippen LogP contribution in [-0.2, 0) is 15.0 Å². The van der Waals surface area contributed by atoms with E-state index >= 15 is 0 Å². The van der Waals surface area contributed by atoms with Crippen LogP contribution in [0, 0.1) is 11.7 Å². The van der Waals surface area contributed by atoms with Crippen LogP contribution in [0.5, 0.6) is 0 Å². The monoisotopic (exact) mass is 355 g/mol. The Morgan fingerprint density at radius 2 is 2.12 bits per heavy atom. The first-order valence-corrected chi connectivity index (χ1v) is 8.56. The highest BCUT2D eigenvalue weighted by Gasteiger charge is 2.37.